The Kier molecular flexibility index (Phi) is 3.41. The first kappa shape index (κ1) is 11.0. The predicted molar refractivity (Wildman–Crippen MR) is 65.9 cm³/mol. The molecule has 0 aliphatic carbocycles. The Morgan fingerprint density at radius 1 is 1.31 bits per heavy atom. The lowest BCUT2D eigenvalue weighted by atomic mass is 10.3. The monoisotopic (exact) mass is 219 g/mol. The zero-order valence-electron chi connectivity index (χ0n) is 9.35. The minimum Gasteiger partial charge on any atom is -0.356 e. The van der Waals surface area contributed by atoms with Crippen molar-refractivity contribution in [1.29, 1.82) is 0 Å². The summed E-state index contributed by atoms with van der Waals surface area (Å²) in [7, 11) is 0. The lowest BCUT2D eigenvalue weighted by molar-refractivity contribution is 0.283. The highest BCUT2D eigenvalue weighted by Crippen LogP contribution is 2.10. The van der Waals surface area contributed by atoms with Crippen LogP contribution in [0.25, 0.3) is 0 Å². The maximum atomic E-state index is 11.2. The number of piperazine rings is 1. The minimum atomic E-state index is -0.0361. The Hall–Kier alpha value is -1.55. The third-order valence-corrected chi connectivity index (χ3v) is 2.85. The topological polar surface area (TPSA) is 39.3 Å². The van der Waals surface area contributed by atoms with E-state index < -0.39 is 0 Å². The molecule has 4 heteroatoms. The molecule has 0 saturated carbocycles. The first-order valence-electron chi connectivity index (χ1n) is 5.57. The van der Waals surface area contributed by atoms with Crippen molar-refractivity contribution in [1.82, 2.24) is 9.88 Å². The fraction of sp³-hybridized carbons (Fsp3) is 0.417. The van der Waals surface area contributed by atoms with E-state index >= 15 is 0 Å². The van der Waals surface area contributed by atoms with Gasteiger partial charge < -0.3 is 9.88 Å². The standard InChI is InChI=1S/C12H17N3O/c1-2-6-14-7-9-15(10-8-14)11-4-3-5-12(16)13-11/h2-5H,1,6-10H2,(H,13,16). The summed E-state index contributed by atoms with van der Waals surface area (Å²) in [6.07, 6.45) is 1.93. The Morgan fingerprint density at radius 2 is 2.06 bits per heavy atom. The van der Waals surface area contributed by atoms with Crippen molar-refractivity contribution in [3.8, 4) is 0 Å². The summed E-state index contributed by atoms with van der Waals surface area (Å²) < 4.78 is 0. The molecule has 0 unspecified atom stereocenters. The van der Waals surface area contributed by atoms with Gasteiger partial charge in [0.25, 0.3) is 0 Å². The molecular weight excluding hydrogens is 202 g/mol. The van der Waals surface area contributed by atoms with Crippen LogP contribution >= 0.6 is 0 Å². The van der Waals surface area contributed by atoms with E-state index in [0.717, 1.165) is 38.5 Å². The molecule has 4 nitrogen and oxygen atoms in total. The third-order valence-electron chi connectivity index (χ3n) is 2.85. The summed E-state index contributed by atoms with van der Waals surface area (Å²) in [6.45, 7) is 8.62. The molecule has 0 atom stereocenters. The molecule has 1 aliphatic rings. The van der Waals surface area contributed by atoms with Gasteiger partial charge in [-0.2, -0.15) is 0 Å². The molecule has 2 rings (SSSR count). The third kappa shape index (κ3) is 2.52. The van der Waals surface area contributed by atoms with Crippen LogP contribution in [0.5, 0.6) is 0 Å². The Bertz CT molecular complexity index is 405. The summed E-state index contributed by atoms with van der Waals surface area (Å²) >= 11 is 0. The quantitative estimate of drug-likeness (QED) is 0.760. The number of hydrogen-bond donors (Lipinski definition) is 1. The van der Waals surface area contributed by atoms with E-state index in [4.69, 9.17) is 0 Å². The molecule has 1 fully saturated rings. The Balaban J connectivity index is 1.99. The number of aromatic nitrogens is 1. The van der Waals surface area contributed by atoms with Crippen molar-refractivity contribution >= 4 is 5.82 Å². The van der Waals surface area contributed by atoms with E-state index in [1.54, 1.807) is 6.07 Å². The van der Waals surface area contributed by atoms with Crippen molar-refractivity contribution in [2.24, 2.45) is 0 Å². The van der Waals surface area contributed by atoms with Gasteiger partial charge in [0.1, 0.15) is 5.82 Å². The zero-order valence-corrected chi connectivity index (χ0v) is 9.35. The second-order valence-corrected chi connectivity index (χ2v) is 3.98. The molecular formula is C12H17N3O. The molecule has 1 N–H and O–H groups in total. The Morgan fingerprint density at radius 3 is 2.69 bits per heavy atom. The van der Waals surface area contributed by atoms with Crippen molar-refractivity contribution < 1.29 is 0 Å². The maximum absolute atomic E-state index is 11.2. The maximum Gasteiger partial charge on any atom is 0.249 e. The van der Waals surface area contributed by atoms with Gasteiger partial charge in [-0.05, 0) is 6.07 Å². The first-order chi connectivity index (χ1) is 7.79. The predicted octanol–water partition coefficient (Wildman–Crippen LogP) is 0.683. The number of anilines is 1. The number of nitrogens with one attached hydrogen (secondary N) is 1. The van der Waals surface area contributed by atoms with Gasteiger partial charge in [0.05, 0.1) is 0 Å². The van der Waals surface area contributed by atoms with Gasteiger partial charge in [-0.15, -0.1) is 6.58 Å². The van der Waals surface area contributed by atoms with E-state index in [1.807, 2.05) is 12.1 Å². The molecule has 0 aromatic carbocycles. The van der Waals surface area contributed by atoms with Crippen molar-refractivity contribution in [2.75, 3.05) is 37.6 Å². The summed E-state index contributed by atoms with van der Waals surface area (Å²) in [5.74, 6) is 0.922. The summed E-state index contributed by atoms with van der Waals surface area (Å²) in [5.41, 5.74) is -0.0361. The molecule has 16 heavy (non-hydrogen) atoms. The van der Waals surface area contributed by atoms with Crippen LogP contribution in [0.4, 0.5) is 5.82 Å². The van der Waals surface area contributed by atoms with Crippen molar-refractivity contribution in [3.05, 3.63) is 41.2 Å². The van der Waals surface area contributed by atoms with Crippen LogP contribution < -0.4 is 10.5 Å². The molecule has 1 aliphatic heterocycles. The fourth-order valence-electron chi connectivity index (χ4n) is 1.97. The van der Waals surface area contributed by atoms with Gasteiger partial charge in [-0.1, -0.05) is 12.1 Å². The van der Waals surface area contributed by atoms with Gasteiger partial charge in [0, 0.05) is 38.8 Å². The molecule has 0 amide bonds. The number of hydrogen-bond acceptors (Lipinski definition) is 3. The van der Waals surface area contributed by atoms with Gasteiger partial charge in [0.15, 0.2) is 0 Å². The highest BCUT2D eigenvalue weighted by atomic mass is 16.1. The number of nitrogens with zero attached hydrogens (tertiary/aromatic N) is 2. The van der Waals surface area contributed by atoms with Crippen LogP contribution in [-0.2, 0) is 0 Å². The van der Waals surface area contributed by atoms with E-state index in [1.165, 1.54) is 6.07 Å². The van der Waals surface area contributed by atoms with Gasteiger partial charge in [-0.3, -0.25) is 9.69 Å². The van der Waals surface area contributed by atoms with E-state index in [2.05, 4.69) is 21.4 Å². The van der Waals surface area contributed by atoms with Gasteiger partial charge in [0.2, 0.25) is 5.56 Å². The molecule has 86 valence electrons. The van der Waals surface area contributed by atoms with E-state index in [9.17, 15) is 4.79 Å². The first-order valence-corrected chi connectivity index (χ1v) is 5.57. The fourth-order valence-corrected chi connectivity index (χ4v) is 1.97. The smallest absolute Gasteiger partial charge is 0.249 e. The highest BCUT2D eigenvalue weighted by Gasteiger charge is 2.16. The van der Waals surface area contributed by atoms with Crippen LogP contribution in [0.1, 0.15) is 0 Å². The number of H-pyrrole nitrogens is 1. The van der Waals surface area contributed by atoms with Crippen LogP contribution in [-0.4, -0.2) is 42.6 Å². The molecule has 2 heterocycles. The average molecular weight is 219 g/mol. The molecule has 1 saturated heterocycles. The minimum absolute atomic E-state index is 0.0361. The van der Waals surface area contributed by atoms with E-state index in [0.29, 0.717) is 0 Å². The van der Waals surface area contributed by atoms with Crippen LogP contribution in [0.2, 0.25) is 0 Å². The largest absolute Gasteiger partial charge is 0.356 e. The zero-order chi connectivity index (χ0) is 11.4. The van der Waals surface area contributed by atoms with Gasteiger partial charge >= 0.3 is 0 Å². The van der Waals surface area contributed by atoms with Crippen LogP contribution in [0.15, 0.2) is 35.6 Å². The highest BCUT2D eigenvalue weighted by molar-refractivity contribution is 5.38. The molecule has 1 aromatic heterocycles. The van der Waals surface area contributed by atoms with E-state index in [-0.39, 0.29) is 5.56 Å². The van der Waals surface area contributed by atoms with Crippen molar-refractivity contribution in [2.45, 2.75) is 0 Å². The van der Waals surface area contributed by atoms with Crippen LogP contribution in [0, 0.1) is 0 Å². The lowest BCUT2D eigenvalue weighted by Gasteiger charge is -2.35. The number of pyridine rings is 1. The molecule has 0 spiro atoms. The molecule has 0 radical (unpaired) electrons. The average Bonchev–Trinajstić information content (AvgIpc) is 2.30. The number of aromatic amines is 1. The van der Waals surface area contributed by atoms with Crippen LogP contribution in [0.3, 0.4) is 0 Å². The molecule has 1 aromatic rings. The molecule has 0 bridgehead atoms. The Labute approximate surface area is 95.2 Å². The SMILES string of the molecule is C=CCN1CCN(c2cccc(=O)[nH]2)CC1. The lowest BCUT2D eigenvalue weighted by Crippen LogP contribution is -2.46. The number of rotatable bonds is 3. The summed E-state index contributed by atoms with van der Waals surface area (Å²) in [4.78, 5) is 18.6. The second-order valence-electron chi connectivity index (χ2n) is 3.98. The van der Waals surface area contributed by atoms with Crippen molar-refractivity contribution in [3.63, 3.8) is 0 Å². The second kappa shape index (κ2) is 4.99. The summed E-state index contributed by atoms with van der Waals surface area (Å²) in [6, 6.07) is 5.28. The summed E-state index contributed by atoms with van der Waals surface area (Å²) in [5, 5.41) is 0. The van der Waals surface area contributed by atoms with Gasteiger partial charge in [-0.25, -0.2) is 0 Å². The normalized spacial score (nSPS) is 17.4.